The van der Waals surface area contributed by atoms with Crippen LogP contribution in [-0.2, 0) is 44.4 Å². The molecule has 1 aliphatic rings. The summed E-state index contributed by atoms with van der Waals surface area (Å²) in [6, 6.07) is 5.44. The molecule has 0 bridgehead atoms. The Balaban J connectivity index is 2.41. The van der Waals surface area contributed by atoms with Crippen molar-refractivity contribution in [2.45, 2.75) is 89.3 Å². The lowest BCUT2D eigenvalue weighted by Crippen LogP contribution is -2.58. The number of ether oxygens (including phenoxy) is 2. The van der Waals surface area contributed by atoms with Crippen LogP contribution in [-0.4, -0.2) is 121 Å². The molecule has 1 fully saturated rings. The van der Waals surface area contributed by atoms with Crippen LogP contribution < -0.4 is 21.2 Å². The number of carbonyl (C=O) groups is 5. The lowest BCUT2D eigenvalue weighted by molar-refractivity contribution is -0.525. The second-order valence-corrected chi connectivity index (χ2v) is 14.5. The maximum Gasteiger partial charge on any atom is 0.417 e. The Morgan fingerprint density at radius 3 is 2.48 bits per heavy atom. The average Bonchev–Trinajstić information content (AvgIpc) is 3.20. The van der Waals surface area contributed by atoms with E-state index < -0.39 is 93.4 Å². The van der Waals surface area contributed by atoms with E-state index in [-0.39, 0.29) is 39.0 Å². The molecule has 21 heteroatoms. The molecule has 0 spiro atoms. The summed E-state index contributed by atoms with van der Waals surface area (Å²) in [6.07, 6.45) is -2.88. The summed E-state index contributed by atoms with van der Waals surface area (Å²) in [5.41, 5.74) is 6.43. The van der Waals surface area contributed by atoms with Crippen LogP contribution in [0.1, 0.15) is 65.4 Å². The monoisotopic (exact) mass is 756 g/mol. The van der Waals surface area contributed by atoms with Crippen molar-refractivity contribution in [2.75, 3.05) is 32.8 Å². The zero-order chi connectivity index (χ0) is 39.1. The standard InChI is InChI=1S/C31H48N8O12S/c1-5-50-25(41)18-34-27(43)26(42)23(15-11-16-33-29(32)35-39(46)47)38(30(45)51-31(2,3)4)24(40)19-37-17-10-9-14-22(28(37)44)36-52(48,49)20-21-12-7-6-8-13-21/h6-8,12-13,22-23,26,36,42H,5,9-11,14-20H2,1-4H3,(H,34,43)(H3,32,33,35). The molecule has 1 aromatic carbocycles. The van der Waals surface area contributed by atoms with Gasteiger partial charge >= 0.3 is 12.1 Å². The fourth-order valence-corrected chi connectivity index (χ4v) is 6.47. The van der Waals surface area contributed by atoms with Crippen molar-refractivity contribution in [3.63, 3.8) is 0 Å². The quantitative estimate of drug-likeness (QED) is 0.0336. The number of guanidine groups is 1. The van der Waals surface area contributed by atoms with Crippen LogP contribution in [0.15, 0.2) is 35.3 Å². The highest BCUT2D eigenvalue weighted by molar-refractivity contribution is 7.88. The summed E-state index contributed by atoms with van der Waals surface area (Å²) in [5.74, 6) is -4.72. The minimum absolute atomic E-state index is 0.0142. The fourth-order valence-electron chi connectivity index (χ4n) is 5.10. The van der Waals surface area contributed by atoms with Crippen LogP contribution in [0.5, 0.6) is 0 Å². The van der Waals surface area contributed by atoms with Crippen LogP contribution in [0.2, 0.25) is 0 Å². The summed E-state index contributed by atoms with van der Waals surface area (Å²) in [5, 5.41) is 23.1. The van der Waals surface area contributed by atoms with Crippen LogP contribution >= 0.6 is 0 Å². The van der Waals surface area contributed by atoms with Crippen molar-refractivity contribution in [1.29, 1.82) is 0 Å². The number of hydrazine groups is 1. The number of likely N-dealkylation sites (tertiary alicyclic amines) is 1. The summed E-state index contributed by atoms with van der Waals surface area (Å²) >= 11 is 0. The molecule has 4 amide bonds. The van der Waals surface area contributed by atoms with Gasteiger partial charge in [-0.25, -0.2) is 37.9 Å². The first-order chi connectivity index (χ1) is 24.3. The first-order valence-electron chi connectivity index (χ1n) is 16.5. The molecule has 0 aromatic heterocycles. The van der Waals surface area contributed by atoms with Crippen molar-refractivity contribution in [3.05, 3.63) is 46.0 Å². The molecule has 6 N–H and O–H groups in total. The third-order valence-corrected chi connectivity index (χ3v) is 8.67. The molecule has 0 radical (unpaired) electrons. The summed E-state index contributed by atoms with van der Waals surface area (Å²) in [6.45, 7) is 4.48. The number of imide groups is 1. The smallest absolute Gasteiger partial charge is 0.417 e. The van der Waals surface area contributed by atoms with Crippen LogP contribution in [0, 0.1) is 10.1 Å². The van der Waals surface area contributed by atoms with E-state index in [0.717, 1.165) is 4.90 Å². The Morgan fingerprint density at radius 1 is 1.19 bits per heavy atom. The summed E-state index contributed by atoms with van der Waals surface area (Å²) in [4.78, 5) is 82.3. The number of carbonyl (C=O) groups excluding carboxylic acids is 5. The van der Waals surface area contributed by atoms with Crippen LogP contribution in [0.4, 0.5) is 4.79 Å². The van der Waals surface area contributed by atoms with Crippen molar-refractivity contribution in [3.8, 4) is 0 Å². The first kappa shape index (κ1) is 43.3. The molecule has 1 saturated heterocycles. The van der Waals surface area contributed by atoms with E-state index in [9.17, 15) is 47.6 Å². The van der Waals surface area contributed by atoms with Gasteiger partial charge in [-0.2, -0.15) is 0 Å². The number of aliphatic imine (C=N–C) groups is 1. The lowest BCUT2D eigenvalue weighted by atomic mass is 10.0. The van der Waals surface area contributed by atoms with Gasteiger partial charge in [0, 0.05) is 13.1 Å². The molecule has 290 valence electrons. The number of esters is 1. The molecule has 52 heavy (non-hydrogen) atoms. The Hall–Kier alpha value is -4.89. The van der Waals surface area contributed by atoms with E-state index in [0.29, 0.717) is 23.3 Å². The number of hydrogen-bond acceptors (Lipinski definition) is 13. The molecule has 3 unspecified atom stereocenters. The van der Waals surface area contributed by atoms with Crippen molar-refractivity contribution in [1.82, 2.24) is 25.3 Å². The average molecular weight is 757 g/mol. The third-order valence-electron chi connectivity index (χ3n) is 7.31. The molecule has 2 rings (SSSR count). The van der Waals surface area contributed by atoms with E-state index in [4.69, 9.17) is 15.2 Å². The van der Waals surface area contributed by atoms with Gasteiger partial charge in [0.2, 0.25) is 15.9 Å². The first-order valence-corrected chi connectivity index (χ1v) is 18.2. The van der Waals surface area contributed by atoms with E-state index in [1.165, 1.54) is 20.8 Å². The van der Waals surface area contributed by atoms with E-state index in [1.807, 2.05) is 0 Å². The number of nitro groups is 1. The number of benzene rings is 1. The molecule has 20 nitrogen and oxygen atoms in total. The highest BCUT2D eigenvalue weighted by Gasteiger charge is 2.41. The highest BCUT2D eigenvalue weighted by Crippen LogP contribution is 2.21. The Kier molecular flexibility index (Phi) is 16.8. The largest absolute Gasteiger partial charge is 0.465 e. The Morgan fingerprint density at radius 2 is 1.87 bits per heavy atom. The SMILES string of the molecule is CCOC(=O)CNC(=O)C(O)C(CCCN=C(N)N[N+](=O)[O-])N(C(=O)CN1CCCCC(NS(=O)(=O)Cc2ccccc2)C1=O)C(=O)OC(C)(C)C. The van der Waals surface area contributed by atoms with Crippen LogP contribution in [0.3, 0.4) is 0 Å². The van der Waals surface area contributed by atoms with Gasteiger partial charge in [-0.3, -0.25) is 19.2 Å². The predicted molar refractivity (Wildman–Crippen MR) is 185 cm³/mol. The van der Waals surface area contributed by atoms with Gasteiger partial charge in [0.15, 0.2) is 11.1 Å². The van der Waals surface area contributed by atoms with Crippen molar-refractivity contribution < 1.29 is 52.0 Å². The second kappa shape index (κ2) is 20.2. The number of aliphatic hydroxyl groups is 1. The van der Waals surface area contributed by atoms with Gasteiger partial charge in [0.05, 0.1) is 18.4 Å². The highest BCUT2D eigenvalue weighted by atomic mass is 32.2. The van der Waals surface area contributed by atoms with E-state index in [2.05, 4.69) is 15.0 Å². The second-order valence-electron chi connectivity index (χ2n) is 12.7. The number of amides is 4. The minimum Gasteiger partial charge on any atom is -0.465 e. The van der Waals surface area contributed by atoms with Crippen molar-refractivity contribution >= 4 is 45.8 Å². The van der Waals surface area contributed by atoms with Gasteiger partial charge in [0.1, 0.15) is 24.7 Å². The molecule has 3 atom stereocenters. The maximum absolute atomic E-state index is 14.1. The molecule has 0 saturated carbocycles. The fraction of sp³-hybridized carbons (Fsp3) is 0.613. The number of sulfonamides is 1. The summed E-state index contributed by atoms with van der Waals surface area (Å²) in [7, 11) is -4.00. The Labute approximate surface area is 301 Å². The minimum atomic E-state index is -4.00. The number of hydrogen-bond donors (Lipinski definition) is 5. The molecule has 0 aliphatic carbocycles. The summed E-state index contributed by atoms with van der Waals surface area (Å²) < 4.78 is 38.7. The predicted octanol–water partition coefficient (Wildman–Crippen LogP) is -0.464. The van der Waals surface area contributed by atoms with E-state index >= 15 is 0 Å². The number of nitrogens with zero attached hydrogens (tertiary/aromatic N) is 4. The molecule has 1 heterocycles. The van der Waals surface area contributed by atoms with Gasteiger partial charge in [-0.1, -0.05) is 35.8 Å². The van der Waals surface area contributed by atoms with Gasteiger partial charge in [-0.05, 0) is 65.4 Å². The third kappa shape index (κ3) is 15.2. The number of aliphatic hydroxyl groups excluding tert-OH is 1. The zero-order valence-corrected chi connectivity index (χ0v) is 30.4. The number of nitrogens with two attached hydrogens (primary N) is 1. The lowest BCUT2D eigenvalue weighted by Gasteiger charge is -2.35. The van der Waals surface area contributed by atoms with Crippen LogP contribution in [0.25, 0.3) is 0 Å². The maximum atomic E-state index is 14.1. The molecule has 1 aromatic rings. The molecular weight excluding hydrogens is 708 g/mol. The molecular formula is C31H48N8O12S. The van der Waals surface area contributed by atoms with Gasteiger partial charge in [0.25, 0.3) is 17.8 Å². The zero-order valence-electron chi connectivity index (χ0n) is 29.6. The number of rotatable bonds is 17. The van der Waals surface area contributed by atoms with Gasteiger partial charge in [-0.15, -0.1) is 0 Å². The van der Waals surface area contributed by atoms with Gasteiger partial charge < -0.3 is 30.5 Å². The number of nitrogens with one attached hydrogen (secondary N) is 3. The Bertz CT molecular complexity index is 1550. The van der Waals surface area contributed by atoms with Crippen molar-refractivity contribution in [2.24, 2.45) is 10.7 Å². The van der Waals surface area contributed by atoms with E-state index in [1.54, 1.807) is 42.7 Å². The normalized spacial score (nSPS) is 16.6. The molecule has 1 aliphatic heterocycles. The topological polar surface area (TPSA) is 282 Å².